The number of aromatic amines is 1. The fourth-order valence-corrected chi connectivity index (χ4v) is 2.19. The van der Waals surface area contributed by atoms with E-state index in [1.165, 1.54) is 0 Å². The minimum Gasteiger partial charge on any atom is -0.396 e. The molecule has 0 aliphatic carbocycles. The molecular weight excluding hydrogens is 256 g/mol. The van der Waals surface area contributed by atoms with Crippen LogP contribution in [0.5, 0.6) is 0 Å². The number of nitrogens with one attached hydrogen (secondary N) is 2. The van der Waals surface area contributed by atoms with Gasteiger partial charge < -0.3 is 15.4 Å². The predicted octanol–water partition coefficient (Wildman–Crippen LogP) is 1.52. The Morgan fingerprint density at radius 2 is 2.05 bits per heavy atom. The number of hydrogen-bond donors (Lipinski definition) is 3. The van der Waals surface area contributed by atoms with Crippen molar-refractivity contribution in [3.05, 3.63) is 33.2 Å². The average Bonchev–Trinajstić information content (AvgIpc) is 2.33. The molecule has 0 spiro atoms. The monoisotopic (exact) mass is 280 g/mol. The highest BCUT2D eigenvalue weighted by atomic mass is 16.3. The van der Waals surface area contributed by atoms with E-state index in [1.807, 2.05) is 13.8 Å². The standard InChI is InChI=1S/C15H24N2O3/c1-10-8-11(2)17-14(20)12(10)13(19)16-9-15(3,4)6-5-7-18/h8,18H,5-7,9H2,1-4H3,(H,16,19)(H,17,20). The predicted molar refractivity (Wildman–Crippen MR) is 79.0 cm³/mol. The SMILES string of the molecule is Cc1cc(C)c(C(=O)NCC(C)(C)CCCO)c(=O)[nH]1. The number of carbonyl (C=O) groups excluding carboxylic acids is 1. The normalized spacial score (nSPS) is 11.4. The quantitative estimate of drug-likeness (QED) is 0.739. The number of pyridine rings is 1. The average molecular weight is 280 g/mol. The Hall–Kier alpha value is -1.62. The van der Waals surface area contributed by atoms with E-state index in [2.05, 4.69) is 10.3 Å². The van der Waals surface area contributed by atoms with Gasteiger partial charge in [-0.25, -0.2) is 0 Å². The van der Waals surface area contributed by atoms with Crippen molar-refractivity contribution in [2.45, 2.75) is 40.5 Å². The lowest BCUT2D eigenvalue weighted by Gasteiger charge is -2.24. The Kier molecular flexibility index (Phi) is 5.51. The largest absolute Gasteiger partial charge is 0.396 e. The summed E-state index contributed by atoms with van der Waals surface area (Å²) in [6.07, 6.45) is 1.51. The van der Waals surface area contributed by atoms with Crippen LogP contribution in [0.25, 0.3) is 0 Å². The van der Waals surface area contributed by atoms with Crippen LogP contribution in [0.4, 0.5) is 0 Å². The fraction of sp³-hybridized carbons (Fsp3) is 0.600. The lowest BCUT2D eigenvalue weighted by molar-refractivity contribution is 0.0930. The molecule has 0 aliphatic rings. The summed E-state index contributed by atoms with van der Waals surface area (Å²) < 4.78 is 0. The maximum Gasteiger partial charge on any atom is 0.261 e. The zero-order valence-electron chi connectivity index (χ0n) is 12.7. The van der Waals surface area contributed by atoms with Gasteiger partial charge >= 0.3 is 0 Å². The summed E-state index contributed by atoms with van der Waals surface area (Å²) in [4.78, 5) is 26.6. The van der Waals surface area contributed by atoms with Crippen LogP contribution in [-0.4, -0.2) is 29.1 Å². The molecule has 5 heteroatoms. The van der Waals surface area contributed by atoms with Crippen LogP contribution in [-0.2, 0) is 0 Å². The molecule has 0 unspecified atom stereocenters. The molecule has 0 atom stereocenters. The van der Waals surface area contributed by atoms with Gasteiger partial charge in [-0.15, -0.1) is 0 Å². The van der Waals surface area contributed by atoms with E-state index in [-0.39, 0.29) is 29.1 Å². The summed E-state index contributed by atoms with van der Waals surface area (Å²) in [7, 11) is 0. The molecule has 1 rings (SSSR count). The summed E-state index contributed by atoms with van der Waals surface area (Å²) in [5.41, 5.74) is 1.13. The second kappa shape index (κ2) is 6.70. The van der Waals surface area contributed by atoms with E-state index in [0.29, 0.717) is 18.5 Å². The van der Waals surface area contributed by atoms with Gasteiger partial charge in [-0.2, -0.15) is 0 Å². The molecule has 0 aromatic carbocycles. The van der Waals surface area contributed by atoms with Crippen LogP contribution >= 0.6 is 0 Å². The van der Waals surface area contributed by atoms with E-state index in [1.54, 1.807) is 19.9 Å². The fourth-order valence-electron chi connectivity index (χ4n) is 2.19. The minimum atomic E-state index is -0.354. The molecule has 112 valence electrons. The van der Waals surface area contributed by atoms with Crippen molar-refractivity contribution in [1.82, 2.24) is 10.3 Å². The maximum atomic E-state index is 12.1. The highest BCUT2D eigenvalue weighted by Crippen LogP contribution is 2.20. The number of rotatable bonds is 6. The van der Waals surface area contributed by atoms with Crippen molar-refractivity contribution in [2.75, 3.05) is 13.2 Å². The molecule has 1 amide bonds. The highest BCUT2D eigenvalue weighted by molar-refractivity contribution is 5.95. The molecular formula is C15H24N2O3. The Morgan fingerprint density at radius 1 is 1.40 bits per heavy atom. The topological polar surface area (TPSA) is 82.2 Å². The van der Waals surface area contributed by atoms with Gasteiger partial charge in [0, 0.05) is 18.8 Å². The zero-order valence-corrected chi connectivity index (χ0v) is 12.7. The Labute approximate surface area is 119 Å². The molecule has 1 heterocycles. The minimum absolute atomic E-state index is 0.107. The van der Waals surface area contributed by atoms with Gasteiger partial charge in [0.2, 0.25) is 0 Å². The summed E-state index contributed by atoms with van der Waals surface area (Å²) in [5.74, 6) is -0.346. The number of amides is 1. The van der Waals surface area contributed by atoms with Gasteiger partial charge in [-0.1, -0.05) is 13.8 Å². The number of H-pyrrole nitrogens is 1. The van der Waals surface area contributed by atoms with Crippen LogP contribution < -0.4 is 10.9 Å². The molecule has 0 radical (unpaired) electrons. The van der Waals surface area contributed by atoms with Crippen molar-refractivity contribution in [2.24, 2.45) is 5.41 Å². The molecule has 20 heavy (non-hydrogen) atoms. The molecule has 0 aliphatic heterocycles. The first-order valence-corrected chi connectivity index (χ1v) is 6.86. The molecule has 0 fully saturated rings. The number of aliphatic hydroxyl groups is 1. The van der Waals surface area contributed by atoms with Gasteiger partial charge in [0.1, 0.15) is 5.56 Å². The smallest absolute Gasteiger partial charge is 0.261 e. The second-order valence-electron chi connectivity index (χ2n) is 6.01. The van der Waals surface area contributed by atoms with E-state index in [9.17, 15) is 9.59 Å². The summed E-state index contributed by atoms with van der Waals surface area (Å²) >= 11 is 0. The first-order chi connectivity index (χ1) is 9.26. The van der Waals surface area contributed by atoms with Crippen molar-refractivity contribution < 1.29 is 9.90 Å². The number of aliphatic hydroxyl groups excluding tert-OH is 1. The maximum absolute atomic E-state index is 12.1. The molecule has 0 bridgehead atoms. The van der Waals surface area contributed by atoms with E-state index in [4.69, 9.17) is 5.11 Å². The van der Waals surface area contributed by atoms with E-state index < -0.39 is 0 Å². The molecule has 3 N–H and O–H groups in total. The van der Waals surface area contributed by atoms with Crippen LogP contribution in [0.2, 0.25) is 0 Å². The summed E-state index contributed by atoms with van der Waals surface area (Å²) in [6.45, 7) is 8.21. The Balaban J connectivity index is 2.76. The van der Waals surface area contributed by atoms with Crippen molar-refractivity contribution in [1.29, 1.82) is 0 Å². The van der Waals surface area contributed by atoms with Gasteiger partial charge in [0.25, 0.3) is 11.5 Å². The third kappa shape index (κ3) is 4.49. The van der Waals surface area contributed by atoms with E-state index in [0.717, 1.165) is 12.1 Å². The number of hydrogen-bond acceptors (Lipinski definition) is 3. The van der Waals surface area contributed by atoms with Crippen molar-refractivity contribution in [3.63, 3.8) is 0 Å². The lowest BCUT2D eigenvalue weighted by Crippen LogP contribution is -2.37. The zero-order chi connectivity index (χ0) is 15.3. The number of aryl methyl sites for hydroxylation is 2. The van der Waals surface area contributed by atoms with Crippen molar-refractivity contribution in [3.8, 4) is 0 Å². The van der Waals surface area contributed by atoms with Crippen LogP contribution in [0, 0.1) is 19.3 Å². The number of carbonyl (C=O) groups is 1. The molecule has 1 aromatic heterocycles. The first-order valence-electron chi connectivity index (χ1n) is 6.86. The summed E-state index contributed by atoms with van der Waals surface area (Å²) in [5, 5.41) is 11.7. The van der Waals surface area contributed by atoms with Crippen LogP contribution in [0.1, 0.15) is 48.3 Å². The van der Waals surface area contributed by atoms with Gasteiger partial charge in [-0.05, 0) is 43.7 Å². The number of aromatic nitrogens is 1. The van der Waals surface area contributed by atoms with Gasteiger partial charge in [0.15, 0.2) is 0 Å². The van der Waals surface area contributed by atoms with Gasteiger partial charge in [-0.3, -0.25) is 9.59 Å². The van der Waals surface area contributed by atoms with Crippen LogP contribution in [0.3, 0.4) is 0 Å². The van der Waals surface area contributed by atoms with Gasteiger partial charge in [0.05, 0.1) is 0 Å². The molecule has 0 saturated carbocycles. The third-order valence-electron chi connectivity index (χ3n) is 3.33. The summed E-state index contributed by atoms with van der Waals surface area (Å²) in [6, 6.07) is 1.78. The Morgan fingerprint density at radius 3 is 2.60 bits per heavy atom. The molecule has 1 aromatic rings. The second-order valence-corrected chi connectivity index (χ2v) is 6.01. The van der Waals surface area contributed by atoms with E-state index >= 15 is 0 Å². The molecule has 5 nitrogen and oxygen atoms in total. The van der Waals surface area contributed by atoms with Crippen LogP contribution in [0.15, 0.2) is 10.9 Å². The molecule has 0 saturated heterocycles. The lowest BCUT2D eigenvalue weighted by atomic mass is 9.88. The first kappa shape index (κ1) is 16.4. The van der Waals surface area contributed by atoms with Crippen molar-refractivity contribution >= 4 is 5.91 Å². The Bertz CT molecular complexity index is 532. The highest BCUT2D eigenvalue weighted by Gasteiger charge is 2.20. The third-order valence-corrected chi connectivity index (χ3v) is 3.33.